The zero-order valence-electron chi connectivity index (χ0n) is 12.9. The molecule has 0 saturated heterocycles. The van der Waals surface area contributed by atoms with E-state index in [1.807, 2.05) is 0 Å². The minimum Gasteiger partial charge on any atom is -0.457 e. The molecule has 3 aromatic rings. The molecular weight excluding hydrogens is 326 g/mol. The molecule has 0 radical (unpaired) electrons. The van der Waals surface area contributed by atoms with Gasteiger partial charge in [0.25, 0.3) is 5.69 Å². The van der Waals surface area contributed by atoms with E-state index in [0.29, 0.717) is 22.8 Å². The van der Waals surface area contributed by atoms with Crippen LogP contribution >= 0.6 is 0 Å². The Balaban J connectivity index is 1.70. The highest BCUT2D eigenvalue weighted by Crippen LogP contribution is 2.24. The van der Waals surface area contributed by atoms with Gasteiger partial charge in [0.2, 0.25) is 0 Å². The van der Waals surface area contributed by atoms with E-state index < -0.39 is 4.92 Å². The second-order valence-corrected chi connectivity index (χ2v) is 5.02. The van der Waals surface area contributed by atoms with Gasteiger partial charge in [-0.15, -0.1) is 0 Å². The monoisotopic (exact) mass is 339 g/mol. The van der Waals surface area contributed by atoms with Crippen LogP contribution in [0.25, 0.3) is 0 Å². The number of nitro benzene ring substituents is 1. The Kier molecular flexibility index (Phi) is 4.65. The van der Waals surface area contributed by atoms with E-state index in [9.17, 15) is 15.3 Å². The highest BCUT2D eigenvalue weighted by molar-refractivity contribution is 6.00. The van der Waals surface area contributed by atoms with Crippen LogP contribution in [-0.4, -0.2) is 30.6 Å². The van der Waals surface area contributed by atoms with Gasteiger partial charge in [-0.3, -0.25) is 10.1 Å². The smallest absolute Gasteiger partial charge is 0.269 e. The number of nitrogens with zero attached hydrogens (tertiary/aromatic N) is 5. The summed E-state index contributed by atoms with van der Waals surface area (Å²) in [4.78, 5) is 14.0. The second kappa shape index (κ2) is 7.21. The predicted molar refractivity (Wildman–Crippen MR) is 88.0 cm³/mol. The summed E-state index contributed by atoms with van der Waals surface area (Å²) in [6, 6.07) is 12.7. The van der Waals surface area contributed by atoms with E-state index in [1.54, 1.807) is 24.3 Å². The van der Waals surface area contributed by atoms with Crippen LogP contribution in [0, 0.1) is 10.1 Å². The van der Waals surface area contributed by atoms with Gasteiger partial charge < -0.3 is 9.94 Å². The summed E-state index contributed by atoms with van der Waals surface area (Å²) in [6.45, 7) is 0.277. The molecule has 0 spiro atoms. The van der Waals surface area contributed by atoms with Crippen LogP contribution in [-0.2, 0) is 6.54 Å². The Labute approximate surface area is 142 Å². The molecule has 0 aliphatic heterocycles. The number of hydrogen-bond acceptors (Lipinski definition) is 7. The first-order valence-electron chi connectivity index (χ1n) is 7.22. The molecule has 1 heterocycles. The molecule has 2 aromatic carbocycles. The lowest BCUT2D eigenvalue weighted by atomic mass is 10.1. The quantitative estimate of drug-likeness (QED) is 0.319. The van der Waals surface area contributed by atoms with Crippen LogP contribution in [0.5, 0.6) is 11.5 Å². The van der Waals surface area contributed by atoms with Gasteiger partial charge in [0.15, 0.2) is 0 Å². The molecular formula is C16H13N5O4. The van der Waals surface area contributed by atoms with Gasteiger partial charge in [0, 0.05) is 17.7 Å². The van der Waals surface area contributed by atoms with E-state index in [-0.39, 0.29) is 12.2 Å². The molecule has 9 nitrogen and oxygen atoms in total. The third kappa shape index (κ3) is 3.96. The Morgan fingerprint density at radius 1 is 1.16 bits per heavy atom. The van der Waals surface area contributed by atoms with Gasteiger partial charge in [-0.2, -0.15) is 5.10 Å². The lowest BCUT2D eigenvalue weighted by Gasteiger charge is -2.08. The molecule has 0 unspecified atom stereocenters. The van der Waals surface area contributed by atoms with E-state index >= 15 is 0 Å². The minimum atomic E-state index is -0.469. The van der Waals surface area contributed by atoms with Crippen molar-refractivity contribution in [3.05, 3.63) is 76.9 Å². The maximum absolute atomic E-state index is 10.6. The number of benzene rings is 2. The lowest BCUT2D eigenvalue weighted by Crippen LogP contribution is -2.12. The Hall–Kier alpha value is -3.75. The largest absolute Gasteiger partial charge is 0.457 e. The maximum Gasteiger partial charge on any atom is 0.269 e. The average molecular weight is 339 g/mol. The first kappa shape index (κ1) is 16.1. The molecule has 0 aliphatic rings. The zero-order chi connectivity index (χ0) is 17.6. The van der Waals surface area contributed by atoms with E-state index in [1.165, 1.54) is 41.6 Å². The van der Waals surface area contributed by atoms with Gasteiger partial charge in [0.1, 0.15) is 29.9 Å². The van der Waals surface area contributed by atoms with Crippen molar-refractivity contribution in [2.24, 2.45) is 5.16 Å². The van der Waals surface area contributed by atoms with Crippen LogP contribution in [0.15, 0.2) is 66.3 Å². The van der Waals surface area contributed by atoms with Crippen molar-refractivity contribution < 1.29 is 14.9 Å². The van der Waals surface area contributed by atoms with E-state index in [0.717, 1.165) is 0 Å². The number of oxime groups is 1. The number of hydrogen-bond donors (Lipinski definition) is 1. The minimum absolute atomic E-state index is 0.000363. The third-order valence-electron chi connectivity index (χ3n) is 3.37. The lowest BCUT2D eigenvalue weighted by molar-refractivity contribution is -0.384. The van der Waals surface area contributed by atoms with Gasteiger partial charge in [-0.05, 0) is 36.4 Å². The zero-order valence-corrected chi connectivity index (χ0v) is 12.9. The Morgan fingerprint density at radius 2 is 1.80 bits per heavy atom. The van der Waals surface area contributed by atoms with Crippen LogP contribution < -0.4 is 4.74 Å². The van der Waals surface area contributed by atoms with Crippen LogP contribution in [0.1, 0.15) is 5.56 Å². The Morgan fingerprint density at radius 3 is 2.32 bits per heavy atom. The van der Waals surface area contributed by atoms with Crippen molar-refractivity contribution in [2.75, 3.05) is 0 Å². The fraction of sp³-hybridized carbons (Fsp3) is 0.0625. The molecule has 0 saturated carbocycles. The van der Waals surface area contributed by atoms with Crippen molar-refractivity contribution in [3.63, 3.8) is 0 Å². The summed E-state index contributed by atoms with van der Waals surface area (Å²) in [7, 11) is 0. The fourth-order valence-electron chi connectivity index (χ4n) is 2.14. The molecule has 0 atom stereocenters. The van der Waals surface area contributed by atoms with Crippen LogP contribution in [0.3, 0.4) is 0 Å². The topological polar surface area (TPSA) is 116 Å². The average Bonchev–Trinajstić information content (AvgIpc) is 3.14. The number of ether oxygens (including phenoxy) is 1. The molecule has 0 bridgehead atoms. The number of nitro groups is 1. The highest BCUT2D eigenvalue weighted by Gasteiger charge is 2.08. The van der Waals surface area contributed by atoms with Crippen LogP contribution in [0.4, 0.5) is 5.69 Å². The molecule has 126 valence electrons. The molecule has 9 heteroatoms. The van der Waals surface area contributed by atoms with Crippen molar-refractivity contribution >= 4 is 11.4 Å². The first-order chi connectivity index (χ1) is 12.2. The molecule has 0 aliphatic carbocycles. The van der Waals surface area contributed by atoms with Gasteiger partial charge in [-0.1, -0.05) is 5.16 Å². The fourth-order valence-corrected chi connectivity index (χ4v) is 2.14. The SMILES string of the molecule is O=[N+]([O-])c1ccc(Oc2ccc(C(Cn3cncn3)=NO)cc2)cc1. The summed E-state index contributed by atoms with van der Waals surface area (Å²) in [5, 5.41) is 27.1. The van der Waals surface area contributed by atoms with Gasteiger partial charge in [-0.25, -0.2) is 9.67 Å². The van der Waals surface area contributed by atoms with Crippen molar-refractivity contribution in [3.8, 4) is 11.5 Å². The molecule has 3 rings (SSSR count). The molecule has 25 heavy (non-hydrogen) atoms. The number of aromatic nitrogens is 3. The molecule has 0 fully saturated rings. The summed E-state index contributed by atoms with van der Waals surface area (Å²) in [5.74, 6) is 1.03. The second-order valence-electron chi connectivity index (χ2n) is 5.02. The standard InChI is InChI=1S/C16H13N5O4/c22-19-16(9-20-11-17-10-18-20)12-1-5-14(6-2-12)25-15-7-3-13(4-8-15)21(23)24/h1-8,10-11,22H,9H2. The summed E-state index contributed by atoms with van der Waals surface area (Å²) >= 11 is 0. The van der Waals surface area contributed by atoms with Crippen molar-refractivity contribution in [1.29, 1.82) is 0 Å². The van der Waals surface area contributed by atoms with Gasteiger partial charge >= 0.3 is 0 Å². The van der Waals surface area contributed by atoms with Crippen LogP contribution in [0.2, 0.25) is 0 Å². The summed E-state index contributed by atoms with van der Waals surface area (Å²) in [5.41, 5.74) is 1.13. The normalized spacial score (nSPS) is 11.3. The molecule has 1 N–H and O–H groups in total. The number of non-ortho nitro benzene ring substituents is 1. The predicted octanol–water partition coefficient (Wildman–Crippen LogP) is 2.86. The first-order valence-corrected chi connectivity index (χ1v) is 7.22. The number of rotatable bonds is 6. The maximum atomic E-state index is 10.6. The van der Waals surface area contributed by atoms with Crippen molar-refractivity contribution in [2.45, 2.75) is 6.54 Å². The van der Waals surface area contributed by atoms with E-state index in [4.69, 9.17) is 4.74 Å². The highest BCUT2D eigenvalue weighted by atomic mass is 16.6. The van der Waals surface area contributed by atoms with E-state index in [2.05, 4.69) is 15.2 Å². The summed E-state index contributed by atoms with van der Waals surface area (Å²) in [6.07, 6.45) is 2.92. The molecule has 0 amide bonds. The van der Waals surface area contributed by atoms with Gasteiger partial charge in [0.05, 0.1) is 11.5 Å². The summed E-state index contributed by atoms with van der Waals surface area (Å²) < 4.78 is 7.17. The van der Waals surface area contributed by atoms with Crippen molar-refractivity contribution in [1.82, 2.24) is 14.8 Å². The molecule has 1 aromatic heterocycles. The Bertz CT molecular complexity index is 874. The third-order valence-corrected chi connectivity index (χ3v) is 3.37.